The number of para-hydroxylation sites is 2. The summed E-state index contributed by atoms with van der Waals surface area (Å²) >= 11 is 0. The van der Waals surface area contributed by atoms with E-state index >= 15 is 0 Å². The molecular formula is C23H24N6O5. The summed E-state index contributed by atoms with van der Waals surface area (Å²) in [5.74, 6) is 0.803. The van der Waals surface area contributed by atoms with E-state index in [0.29, 0.717) is 45.7 Å². The number of anilines is 2. The van der Waals surface area contributed by atoms with Gasteiger partial charge in [-0.25, -0.2) is 4.68 Å². The van der Waals surface area contributed by atoms with Gasteiger partial charge in [0.1, 0.15) is 18.1 Å². The third-order valence-electron chi connectivity index (χ3n) is 5.27. The topological polar surface area (TPSA) is 143 Å². The number of allylic oxidation sites excluding steroid dienone is 1. The van der Waals surface area contributed by atoms with Crippen molar-refractivity contribution in [2.45, 2.75) is 13.0 Å². The summed E-state index contributed by atoms with van der Waals surface area (Å²) in [6.07, 6.45) is 1.41. The summed E-state index contributed by atoms with van der Waals surface area (Å²) in [7, 11) is 3.02. The number of amides is 2. The second-order valence-electron chi connectivity index (χ2n) is 7.41. The maximum Gasteiger partial charge on any atom is 0.255 e. The first-order chi connectivity index (χ1) is 16.4. The maximum atomic E-state index is 13.5. The van der Waals surface area contributed by atoms with Crippen LogP contribution in [-0.4, -0.2) is 47.4 Å². The number of ether oxygens (including phenoxy) is 3. The largest absolute Gasteiger partial charge is 0.495 e. The van der Waals surface area contributed by atoms with E-state index in [4.69, 9.17) is 19.9 Å². The van der Waals surface area contributed by atoms with E-state index in [9.17, 15) is 9.59 Å². The fourth-order valence-electron chi connectivity index (χ4n) is 3.75. The van der Waals surface area contributed by atoms with Gasteiger partial charge in [0.2, 0.25) is 5.95 Å². The molecule has 1 atom stereocenters. The first-order valence-electron chi connectivity index (χ1n) is 10.3. The number of hydrogen-bond donors (Lipinski definition) is 3. The van der Waals surface area contributed by atoms with Gasteiger partial charge in [-0.15, -0.1) is 0 Å². The van der Waals surface area contributed by atoms with Gasteiger partial charge in [-0.3, -0.25) is 9.59 Å². The van der Waals surface area contributed by atoms with Gasteiger partial charge in [0.25, 0.3) is 11.8 Å². The van der Waals surface area contributed by atoms with E-state index in [-0.39, 0.29) is 12.5 Å². The second kappa shape index (κ2) is 9.53. The summed E-state index contributed by atoms with van der Waals surface area (Å²) < 4.78 is 17.9. The van der Waals surface area contributed by atoms with Crippen molar-refractivity contribution >= 4 is 23.5 Å². The molecule has 1 aliphatic heterocycles. The van der Waals surface area contributed by atoms with Crippen LogP contribution in [0.1, 0.15) is 18.5 Å². The number of nitrogens with one attached hydrogen (secondary N) is 2. The van der Waals surface area contributed by atoms with Gasteiger partial charge in [-0.2, -0.15) is 10.1 Å². The van der Waals surface area contributed by atoms with Crippen LogP contribution in [-0.2, 0) is 9.59 Å². The molecule has 4 N–H and O–H groups in total. The molecule has 11 nitrogen and oxygen atoms in total. The van der Waals surface area contributed by atoms with Crippen molar-refractivity contribution in [2.75, 3.05) is 31.5 Å². The Hall–Kier alpha value is -4.54. The molecule has 3 aromatic rings. The van der Waals surface area contributed by atoms with Crippen LogP contribution in [0, 0.1) is 0 Å². The van der Waals surface area contributed by atoms with E-state index in [0.717, 1.165) is 0 Å². The van der Waals surface area contributed by atoms with Gasteiger partial charge in [0.15, 0.2) is 18.1 Å². The fraction of sp³-hybridized carbons (Fsp3) is 0.217. The lowest BCUT2D eigenvalue weighted by molar-refractivity contribution is -0.120. The molecule has 11 heteroatoms. The van der Waals surface area contributed by atoms with Crippen LogP contribution in [0.2, 0.25) is 0 Å². The lowest BCUT2D eigenvalue weighted by Gasteiger charge is -2.29. The highest BCUT2D eigenvalue weighted by Crippen LogP contribution is 2.39. The van der Waals surface area contributed by atoms with E-state index in [2.05, 4.69) is 20.7 Å². The predicted molar refractivity (Wildman–Crippen MR) is 124 cm³/mol. The van der Waals surface area contributed by atoms with Crippen molar-refractivity contribution < 1.29 is 23.8 Å². The van der Waals surface area contributed by atoms with Crippen molar-refractivity contribution in [1.29, 1.82) is 0 Å². The molecule has 0 unspecified atom stereocenters. The quantitative estimate of drug-likeness (QED) is 0.460. The number of benzene rings is 2. The Morgan fingerprint density at radius 3 is 2.62 bits per heavy atom. The summed E-state index contributed by atoms with van der Waals surface area (Å²) in [5.41, 5.74) is 7.45. The predicted octanol–water partition coefficient (Wildman–Crippen LogP) is 2.09. The van der Waals surface area contributed by atoms with E-state index in [1.807, 2.05) is 6.07 Å². The van der Waals surface area contributed by atoms with E-state index in [1.165, 1.54) is 20.5 Å². The third-order valence-corrected chi connectivity index (χ3v) is 5.27. The molecule has 0 radical (unpaired) electrons. The number of carbonyl (C=O) groups is 2. The Bertz CT molecular complexity index is 1270. The van der Waals surface area contributed by atoms with Crippen LogP contribution in [0.15, 0.2) is 60.1 Å². The van der Waals surface area contributed by atoms with Crippen molar-refractivity contribution in [3.05, 3.63) is 65.6 Å². The zero-order valence-electron chi connectivity index (χ0n) is 18.9. The highest BCUT2D eigenvalue weighted by Gasteiger charge is 2.34. The van der Waals surface area contributed by atoms with Gasteiger partial charge < -0.3 is 30.6 Å². The molecule has 0 saturated heterocycles. The average Bonchev–Trinajstić information content (AvgIpc) is 3.30. The van der Waals surface area contributed by atoms with Crippen LogP contribution in [0.3, 0.4) is 0 Å². The molecular weight excluding hydrogens is 440 g/mol. The molecule has 4 rings (SSSR count). The molecule has 2 aromatic carbocycles. The zero-order chi connectivity index (χ0) is 24.2. The molecule has 2 amide bonds. The standard InChI is InChI=1S/C23H24N6O5/c1-13-20(22(31)28-15-6-4-5-7-16(15)32-2)21(29-23(27-13)25-12-26-29)14-8-9-17(18(10-14)33-3)34-11-19(24)30/h4-10,12,21H,11H2,1-3H3,(H2,24,30)(H,28,31)(H,25,26,27)/t21-/m1/s1. The molecule has 0 spiro atoms. The lowest BCUT2D eigenvalue weighted by Crippen LogP contribution is -2.31. The third kappa shape index (κ3) is 4.35. The molecule has 0 fully saturated rings. The van der Waals surface area contributed by atoms with Crippen LogP contribution in [0.4, 0.5) is 11.6 Å². The van der Waals surface area contributed by atoms with Crippen LogP contribution in [0.25, 0.3) is 0 Å². The highest BCUT2D eigenvalue weighted by atomic mass is 16.5. The molecule has 1 aliphatic rings. The average molecular weight is 464 g/mol. The SMILES string of the molecule is COc1ccccc1NC(=O)C1=C(C)Nc2ncnn2[C@@H]1c1ccc(OCC(N)=O)c(OC)c1. The van der Waals surface area contributed by atoms with Crippen molar-refractivity contribution in [3.8, 4) is 17.2 Å². The minimum Gasteiger partial charge on any atom is -0.495 e. The van der Waals surface area contributed by atoms with Crippen LogP contribution >= 0.6 is 0 Å². The van der Waals surface area contributed by atoms with Gasteiger partial charge >= 0.3 is 0 Å². The van der Waals surface area contributed by atoms with Gasteiger partial charge in [-0.05, 0) is 36.8 Å². The summed E-state index contributed by atoms with van der Waals surface area (Å²) in [5, 5.41) is 10.4. The molecule has 34 heavy (non-hydrogen) atoms. The Morgan fingerprint density at radius 1 is 1.12 bits per heavy atom. The summed E-state index contributed by atoms with van der Waals surface area (Å²) in [6, 6.07) is 11.7. The molecule has 176 valence electrons. The number of nitrogens with two attached hydrogens (primary N) is 1. The Labute approximate surface area is 195 Å². The number of aromatic nitrogens is 3. The Morgan fingerprint density at radius 2 is 1.88 bits per heavy atom. The zero-order valence-corrected chi connectivity index (χ0v) is 18.9. The molecule has 2 heterocycles. The van der Waals surface area contributed by atoms with Crippen LogP contribution in [0.5, 0.6) is 17.2 Å². The molecule has 1 aromatic heterocycles. The van der Waals surface area contributed by atoms with Crippen molar-refractivity contribution in [1.82, 2.24) is 14.8 Å². The van der Waals surface area contributed by atoms with E-state index in [1.54, 1.807) is 48.0 Å². The van der Waals surface area contributed by atoms with Gasteiger partial charge in [0, 0.05) is 5.70 Å². The van der Waals surface area contributed by atoms with Crippen molar-refractivity contribution in [2.24, 2.45) is 5.73 Å². The van der Waals surface area contributed by atoms with Crippen molar-refractivity contribution in [3.63, 3.8) is 0 Å². The second-order valence-corrected chi connectivity index (χ2v) is 7.41. The minimum absolute atomic E-state index is 0.290. The lowest BCUT2D eigenvalue weighted by atomic mass is 9.94. The minimum atomic E-state index is -0.618. The first kappa shape index (κ1) is 22.6. The number of nitrogens with zero attached hydrogens (tertiary/aromatic N) is 3. The number of primary amides is 1. The summed E-state index contributed by atoms with van der Waals surface area (Å²) in [4.78, 5) is 28.9. The molecule has 0 bridgehead atoms. The normalized spacial score (nSPS) is 14.6. The Balaban J connectivity index is 1.74. The highest BCUT2D eigenvalue weighted by molar-refractivity contribution is 6.06. The summed E-state index contributed by atoms with van der Waals surface area (Å²) in [6.45, 7) is 1.51. The number of carbonyl (C=O) groups excluding carboxylic acids is 2. The molecule has 0 aliphatic carbocycles. The maximum absolute atomic E-state index is 13.5. The van der Waals surface area contributed by atoms with E-state index < -0.39 is 11.9 Å². The number of hydrogen-bond acceptors (Lipinski definition) is 8. The monoisotopic (exact) mass is 464 g/mol. The van der Waals surface area contributed by atoms with Gasteiger partial charge in [0.05, 0.1) is 25.5 Å². The van der Waals surface area contributed by atoms with Gasteiger partial charge in [-0.1, -0.05) is 18.2 Å². The smallest absolute Gasteiger partial charge is 0.255 e. The molecule has 0 saturated carbocycles. The van der Waals surface area contributed by atoms with Crippen LogP contribution < -0.4 is 30.6 Å². The fourth-order valence-corrected chi connectivity index (χ4v) is 3.75. The number of rotatable bonds is 8. The number of fused-ring (bicyclic) bond motifs is 1. The number of methoxy groups -OCH3 is 2. The first-order valence-corrected chi connectivity index (χ1v) is 10.3. The Kier molecular flexibility index (Phi) is 6.35.